The van der Waals surface area contributed by atoms with E-state index in [4.69, 9.17) is 4.74 Å². The van der Waals surface area contributed by atoms with Crippen LogP contribution in [0.15, 0.2) is 0 Å². The van der Waals surface area contributed by atoms with Gasteiger partial charge in [0.05, 0.1) is 6.61 Å². The number of carbonyl (C=O) groups excluding carboxylic acids is 2. The van der Waals surface area contributed by atoms with Crippen molar-refractivity contribution >= 4 is 11.8 Å². The number of likely N-dealkylation sites (tertiary alicyclic amines) is 2. The second kappa shape index (κ2) is 6.58. The van der Waals surface area contributed by atoms with Crippen LogP contribution in [-0.2, 0) is 14.3 Å². The molecule has 1 spiro atoms. The van der Waals surface area contributed by atoms with Crippen LogP contribution < -0.4 is 0 Å². The van der Waals surface area contributed by atoms with E-state index in [0.29, 0.717) is 32.7 Å². The highest BCUT2D eigenvalue weighted by Gasteiger charge is 2.50. The van der Waals surface area contributed by atoms with Crippen LogP contribution in [0.5, 0.6) is 0 Å². The summed E-state index contributed by atoms with van der Waals surface area (Å²) in [6, 6.07) is 0. The zero-order chi connectivity index (χ0) is 17.4. The lowest BCUT2D eigenvalue weighted by atomic mass is 9.71. The van der Waals surface area contributed by atoms with Gasteiger partial charge in [-0.3, -0.25) is 9.59 Å². The molecule has 7 heteroatoms. The number of amides is 2. The van der Waals surface area contributed by atoms with Gasteiger partial charge in [0.2, 0.25) is 17.7 Å². The Bertz CT molecular complexity index is 496. The molecular weight excluding hydrogens is 318 g/mol. The summed E-state index contributed by atoms with van der Waals surface area (Å²) in [5.74, 6) is -3.09. The van der Waals surface area contributed by atoms with Crippen LogP contribution in [0.25, 0.3) is 0 Å². The summed E-state index contributed by atoms with van der Waals surface area (Å²) in [5, 5.41) is 0. The first-order chi connectivity index (χ1) is 11.3. The molecule has 5 nitrogen and oxygen atoms in total. The van der Waals surface area contributed by atoms with Crippen molar-refractivity contribution in [1.29, 1.82) is 0 Å². The SMILES string of the molecule is COCCN1CC2(CCC1=O)CCN(C(=O)C1CC(F)(F)C1)CC2. The van der Waals surface area contributed by atoms with Crippen molar-refractivity contribution in [3.8, 4) is 0 Å². The predicted octanol–water partition coefficient (Wildman–Crippen LogP) is 1.91. The molecular formula is C17H26F2N2O3. The summed E-state index contributed by atoms with van der Waals surface area (Å²) in [6.45, 7) is 3.10. The second-order valence-corrected chi connectivity index (χ2v) is 7.59. The first kappa shape index (κ1) is 17.6. The number of halogens is 2. The maximum atomic E-state index is 13.0. The van der Waals surface area contributed by atoms with Gasteiger partial charge >= 0.3 is 0 Å². The fraction of sp³-hybridized carbons (Fsp3) is 0.882. The summed E-state index contributed by atoms with van der Waals surface area (Å²) in [5.41, 5.74) is 0.0714. The van der Waals surface area contributed by atoms with Crippen molar-refractivity contribution < 1.29 is 23.1 Å². The topological polar surface area (TPSA) is 49.9 Å². The number of alkyl halides is 2. The molecule has 3 fully saturated rings. The van der Waals surface area contributed by atoms with E-state index in [1.54, 1.807) is 12.0 Å². The molecule has 2 amide bonds. The number of methoxy groups -OCH3 is 1. The quantitative estimate of drug-likeness (QED) is 0.783. The third kappa shape index (κ3) is 3.55. The van der Waals surface area contributed by atoms with Crippen molar-refractivity contribution in [2.45, 2.75) is 44.4 Å². The Balaban J connectivity index is 1.52. The fourth-order valence-electron chi connectivity index (χ4n) is 4.21. The number of carbonyl (C=O) groups is 2. The van der Waals surface area contributed by atoms with E-state index in [2.05, 4.69) is 0 Å². The van der Waals surface area contributed by atoms with Crippen molar-refractivity contribution in [3.05, 3.63) is 0 Å². The zero-order valence-corrected chi connectivity index (χ0v) is 14.2. The number of hydrogen-bond acceptors (Lipinski definition) is 3. The Morgan fingerprint density at radius 1 is 1.25 bits per heavy atom. The Morgan fingerprint density at radius 3 is 2.50 bits per heavy atom. The van der Waals surface area contributed by atoms with Gasteiger partial charge in [0, 0.05) is 58.5 Å². The standard InChI is InChI=1S/C17H26F2N2O3/c1-24-9-8-21-12-16(3-2-14(21)22)4-6-20(7-5-16)15(23)13-10-17(18,19)11-13/h13H,2-12H2,1H3. The number of hydrogen-bond donors (Lipinski definition) is 0. The summed E-state index contributed by atoms with van der Waals surface area (Å²) in [7, 11) is 1.62. The number of ether oxygens (including phenoxy) is 1. The normalized spacial score (nSPS) is 26.5. The van der Waals surface area contributed by atoms with Crippen molar-refractivity contribution in [2.24, 2.45) is 11.3 Å². The van der Waals surface area contributed by atoms with Crippen molar-refractivity contribution in [3.63, 3.8) is 0 Å². The Kier molecular flexibility index (Phi) is 4.82. The van der Waals surface area contributed by atoms with E-state index in [1.165, 1.54) is 0 Å². The summed E-state index contributed by atoms with van der Waals surface area (Å²) >= 11 is 0. The van der Waals surface area contributed by atoms with E-state index in [9.17, 15) is 18.4 Å². The lowest BCUT2D eigenvalue weighted by Crippen LogP contribution is -2.55. The molecule has 0 unspecified atom stereocenters. The van der Waals surface area contributed by atoms with E-state index in [-0.39, 0.29) is 30.1 Å². The maximum absolute atomic E-state index is 13.0. The van der Waals surface area contributed by atoms with Gasteiger partial charge in [-0.2, -0.15) is 0 Å². The zero-order valence-electron chi connectivity index (χ0n) is 14.2. The largest absolute Gasteiger partial charge is 0.383 e. The van der Waals surface area contributed by atoms with Crippen molar-refractivity contribution in [2.75, 3.05) is 39.9 Å². The van der Waals surface area contributed by atoms with Crippen LogP contribution in [0.3, 0.4) is 0 Å². The molecule has 136 valence electrons. The minimum atomic E-state index is -2.65. The summed E-state index contributed by atoms with van der Waals surface area (Å²) in [4.78, 5) is 28.0. The molecule has 0 aromatic carbocycles. The minimum Gasteiger partial charge on any atom is -0.383 e. The minimum absolute atomic E-state index is 0.0714. The molecule has 0 bridgehead atoms. The number of nitrogens with zero attached hydrogens (tertiary/aromatic N) is 2. The highest BCUT2D eigenvalue weighted by Crippen LogP contribution is 2.45. The highest BCUT2D eigenvalue weighted by atomic mass is 19.3. The fourth-order valence-corrected chi connectivity index (χ4v) is 4.21. The van der Waals surface area contributed by atoms with Crippen LogP contribution in [0.2, 0.25) is 0 Å². The molecule has 2 aliphatic heterocycles. The van der Waals surface area contributed by atoms with E-state index < -0.39 is 11.8 Å². The first-order valence-electron chi connectivity index (χ1n) is 8.78. The van der Waals surface area contributed by atoms with Gasteiger partial charge < -0.3 is 14.5 Å². The van der Waals surface area contributed by atoms with Gasteiger partial charge in [-0.05, 0) is 24.7 Å². The van der Waals surface area contributed by atoms with Gasteiger partial charge in [0.25, 0.3) is 0 Å². The highest BCUT2D eigenvalue weighted by molar-refractivity contribution is 5.80. The average Bonchev–Trinajstić information content (AvgIpc) is 2.54. The predicted molar refractivity (Wildman–Crippen MR) is 83.6 cm³/mol. The molecule has 24 heavy (non-hydrogen) atoms. The smallest absolute Gasteiger partial charge is 0.249 e. The van der Waals surface area contributed by atoms with Crippen LogP contribution >= 0.6 is 0 Å². The molecule has 0 radical (unpaired) electrons. The van der Waals surface area contributed by atoms with Crippen LogP contribution in [0.4, 0.5) is 8.78 Å². The summed E-state index contributed by atoms with van der Waals surface area (Å²) < 4.78 is 31.0. The second-order valence-electron chi connectivity index (χ2n) is 7.59. The Labute approximate surface area is 141 Å². The molecule has 0 N–H and O–H groups in total. The molecule has 2 saturated heterocycles. The van der Waals surface area contributed by atoms with E-state index in [0.717, 1.165) is 25.8 Å². The molecule has 1 aliphatic carbocycles. The third-order valence-corrected chi connectivity index (χ3v) is 5.89. The van der Waals surface area contributed by atoms with Gasteiger partial charge in [-0.25, -0.2) is 8.78 Å². The van der Waals surface area contributed by atoms with Gasteiger partial charge in [0.15, 0.2) is 0 Å². The molecule has 0 aromatic heterocycles. The molecule has 0 atom stereocenters. The lowest BCUT2D eigenvalue weighted by Gasteiger charge is -2.48. The monoisotopic (exact) mass is 344 g/mol. The average molecular weight is 344 g/mol. The molecule has 1 saturated carbocycles. The number of rotatable bonds is 4. The summed E-state index contributed by atoms with van der Waals surface area (Å²) in [6.07, 6.45) is 2.50. The van der Waals surface area contributed by atoms with Crippen LogP contribution in [-0.4, -0.2) is 67.4 Å². The van der Waals surface area contributed by atoms with Crippen molar-refractivity contribution in [1.82, 2.24) is 9.80 Å². The molecule has 0 aromatic rings. The lowest BCUT2D eigenvalue weighted by molar-refractivity contribution is -0.163. The maximum Gasteiger partial charge on any atom is 0.249 e. The van der Waals surface area contributed by atoms with E-state index in [1.807, 2.05) is 4.90 Å². The molecule has 3 rings (SSSR count). The van der Waals surface area contributed by atoms with E-state index >= 15 is 0 Å². The Hall–Kier alpha value is -1.24. The van der Waals surface area contributed by atoms with Gasteiger partial charge in [-0.1, -0.05) is 0 Å². The first-order valence-corrected chi connectivity index (χ1v) is 8.78. The van der Waals surface area contributed by atoms with Crippen LogP contribution in [0, 0.1) is 11.3 Å². The third-order valence-electron chi connectivity index (χ3n) is 5.89. The van der Waals surface area contributed by atoms with Crippen LogP contribution in [0.1, 0.15) is 38.5 Å². The molecule has 3 aliphatic rings. The van der Waals surface area contributed by atoms with Gasteiger partial charge in [-0.15, -0.1) is 0 Å². The van der Waals surface area contributed by atoms with Gasteiger partial charge in [0.1, 0.15) is 0 Å². The molecule has 2 heterocycles. The Morgan fingerprint density at radius 2 is 1.92 bits per heavy atom. The number of piperidine rings is 2.